The van der Waals surface area contributed by atoms with Crippen molar-refractivity contribution in [3.63, 3.8) is 0 Å². The van der Waals surface area contributed by atoms with E-state index in [9.17, 15) is 4.79 Å². The first-order valence-electron chi connectivity index (χ1n) is 7.82. The molecule has 0 amide bonds. The molecule has 4 heteroatoms. The summed E-state index contributed by atoms with van der Waals surface area (Å²) in [5.74, 6) is 1.10. The lowest BCUT2D eigenvalue weighted by Gasteiger charge is -2.26. The highest BCUT2D eigenvalue weighted by molar-refractivity contribution is 5.99. The fourth-order valence-electron chi connectivity index (χ4n) is 2.62. The molecule has 1 saturated heterocycles. The molecule has 0 aromatic heterocycles. The van der Waals surface area contributed by atoms with Gasteiger partial charge in [0.15, 0.2) is 5.78 Å². The van der Waals surface area contributed by atoms with Gasteiger partial charge in [0, 0.05) is 31.7 Å². The number of carbonyl (C=O) groups is 1. The third-order valence-corrected chi connectivity index (χ3v) is 4.08. The number of rotatable bonds is 6. The molecule has 0 radical (unpaired) electrons. The maximum absolute atomic E-state index is 12.5. The Balaban J connectivity index is 2.08. The van der Waals surface area contributed by atoms with Gasteiger partial charge < -0.3 is 10.1 Å². The van der Waals surface area contributed by atoms with Crippen molar-refractivity contribution in [3.05, 3.63) is 28.8 Å². The fraction of sp³-hybridized carbons (Fsp3) is 0.588. The summed E-state index contributed by atoms with van der Waals surface area (Å²) in [5, 5.41) is 3.31. The lowest BCUT2D eigenvalue weighted by Crippen LogP contribution is -2.45. The van der Waals surface area contributed by atoms with Crippen LogP contribution in [0.1, 0.15) is 34.8 Å². The van der Waals surface area contributed by atoms with Crippen LogP contribution in [0, 0.1) is 13.8 Å². The van der Waals surface area contributed by atoms with Crippen molar-refractivity contribution in [1.82, 2.24) is 10.2 Å². The number of piperazine rings is 1. The topological polar surface area (TPSA) is 41.6 Å². The van der Waals surface area contributed by atoms with Crippen molar-refractivity contribution in [2.45, 2.75) is 27.2 Å². The van der Waals surface area contributed by atoms with Crippen molar-refractivity contribution in [1.29, 1.82) is 0 Å². The average molecular weight is 290 g/mol. The Hall–Kier alpha value is -1.39. The van der Waals surface area contributed by atoms with E-state index in [2.05, 4.69) is 17.1 Å². The van der Waals surface area contributed by atoms with Gasteiger partial charge in [-0.05, 0) is 43.5 Å². The molecule has 1 aromatic rings. The summed E-state index contributed by atoms with van der Waals surface area (Å²) in [4.78, 5) is 14.7. The van der Waals surface area contributed by atoms with Crippen LogP contribution in [0.15, 0.2) is 12.1 Å². The second-order valence-corrected chi connectivity index (χ2v) is 5.66. The zero-order valence-corrected chi connectivity index (χ0v) is 13.4. The lowest BCUT2D eigenvalue weighted by atomic mass is 9.99. The number of ketones is 1. The highest BCUT2D eigenvalue weighted by atomic mass is 16.5. The number of benzene rings is 1. The van der Waals surface area contributed by atoms with Crippen molar-refractivity contribution >= 4 is 5.78 Å². The number of carbonyl (C=O) groups excluding carboxylic acids is 1. The Morgan fingerprint density at radius 2 is 1.95 bits per heavy atom. The molecule has 0 atom stereocenters. The maximum atomic E-state index is 12.5. The average Bonchev–Trinajstić information content (AvgIpc) is 2.49. The van der Waals surface area contributed by atoms with Crippen molar-refractivity contribution in [2.75, 3.05) is 39.3 Å². The number of Topliss-reactive ketones (excluding diaryl/α,β-unsaturated/α-hetero) is 1. The van der Waals surface area contributed by atoms with Crippen LogP contribution in [0.3, 0.4) is 0 Å². The molecule has 1 fully saturated rings. The predicted octanol–water partition coefficient (Wildman–Crippen LogP) is 2.18. The van der Waals surface area contributed by atoms with Gasteiger partial charge in [-0.15, -0.1) is 0 Å². The summed E-state index contributed by atoms with van der Waals surface area (Å²) >= 11 is 0. The van der Waals surface area contributed by atoms with Gasteiger partial charge in [0.2, 0.25) is 0 Å². The zero-order valence-electron chi connectivity index (χ0n) is 13.4. The number of nitrogens with one attached hydrogen (secondary N) is 1. The number of ether oxygens (including phenoxy) is 1. The van der Waals surface area contributed by atoms with Gasteiger partial charge in [0.1, 0.15) is 5.75 Å². The molecule has 0 unspecified atom stereocenters. The van der Waals surface area contributed by atoms with Crippen molar-refractivity contribution < 1.29 is 9.53 Å². The molecule has 2 rings (SSSR count). The van der Waals surface area contributed by atoms with E-state index in [1.54, 1.807) is 0 Å². The van der Waals surface area contributed by atoms with E-state index in [1.807, 2.05) is 26.0 Å². The summed E-state index contributed by atoms with van der Waals surface area (Å²) in [7, 11) is 0. The molecule has 0 saturated carbocycles. The Kier molecular flexibility index (Phi) is 5.76. The van der Waals surface area contributed by atoms with Crippen LogP contribution in [0.2, 0.25) is 0 Å². The lowest BCUT2D eigenvalue weighted by molar-refractivity contribution is 0.0920. The van der Waals surface area contributed by atoms with Crippen LogP contribution in [0.25, 0.3) is 0 Å². The highest BCUT2D eigenvalue weighted by Crippen LogP contribution is 2.25. The SMILES string of the molecule is CCCOc1ccc(C(=O)CN2CCNCC2)c(C)c1C. The maximum Gasteiger partial charge on any atom is 0.177 e. The fourth-order valence-corrected chi connectivity index (χ4v) is 2.62. The minimum atomic E-state index is 0.208. The molecule has 0 aliphatic carbocycles. The molecule has 1 aliphatic rings. The van der Waals surface area contributed by atoms with E-state index in [4.69, 9.17) is 4.74 Å². The van der Waals surface area contributed by atoms with Gasteiger partial charge in [-0.25, -0.2) is 0 Å². The van der Waals surface area contributed by atoms with Crippen LogP contribution < -0.4 is 10.1 Å². The molecule has 0 spiro atoms. The summed E-state index contributed by atoms with van der Waals surface area (Å²) in [6.07, 6.45) is 0.988. The number of hydrogen-bond donors (Lipinski definition) is 1. The standard InChI is InChI=1S/C17H26N2O2/c1-4-11-21-17-6-5-15(13(2)14(17)3)16(20)12-19-9-7-18-8-10-19/h5-6,18H,4,7-12H2,1-3H3. The van der Waals surface area contributed by atoms with Crippen LogP contribution in [0.5, 0.6) is 5.75 Å². The van der Waals surface area contributed by atoms with E-state index >= 15 is 0 Å². The third kappa shape index (κ3) is 4.05. The van der Waals surface area contributed by atoms with Crippen LogP contribution >= 0.6 is 0 Å². The Morgan fingerprint density at radius 1 is 1.24 bits per heavy atom. The normalized spacial score (nSPS) is 16.0. The molecule has 21 heavy (non-hydrogen) atoms. The first-order valence-corrected chi connectivity index (χ1v) is 7.82. The smallest absolute Gasteiger partial charge is 0.177 e. The summed E-state index contributed by atoms with van der Waals surface area (Å²) in [5.41, 5.74) is 2.95. The Labute approximate surface area is 127 Å². The monoisotopic (exact) mass is 290 g/mol. The summed E-state index contributed by atoms with van der Waals surface area (Å²) in [6.45, 7) is 11.2. The van der Waals surface area contributed by atoms with Gasteiger partial charge in [-0.3, -0.25) is 9.69 Å². The molecule has 4 nitrogen and oxygen atoms in total. The predicted molar refractivity (Wildman–Crippen MR) is 85.3 cm³/mol. The van der Waals surface area contributed by atoms with Crippen LogP contribution in [-0.2, 0) is 0 Å². The Bertz CT molecular complexity index is 494. The van der Waals surface area contributed by atoms with Gasteiger partial charge >= 0.3 is 0 Å². The second kappa shape index (κ2) is 7.57. The molecular weight excluding hydrogens is 264 g/mol. The molecular formula is C17H26N2O2. The molecule has 116 valence electrons. The molecule has 1 aromatic carbocycles. The van der Waals surface area contributed by atoms with E-state index in [0.717, 1.165) is 55.0 Å². The van der Waals surface area contributed by atoms with Crippen molar-refractivity contribution in [3.8, 4) is 5.75 Å². The largest absolute Gasteiger partial charge is 0.493 e. The first-order chi connectivity index (χ1) is 10.1. The molecule has 0 bridgehead atoms. The van der Waals surface area contributed by atoms with E-state index in [1.165, 1.54) is 0 Å². The molecule has 1 heterocycles. The molecule has 1 aliphatic heterocycles. The van der Waals surface area contributed by atoms with Gasteiger partial charge in [0.25, 0.3) is 0 Å². The number of nitrogens with zero attached hydrogens (tertiary/aromatic N) is 1. The first kappa shape index (κ1) is 16.0. The van der Waals surface area contributed by atoms with Crippen LogP contribution in [0.4, 0.5) is 0 Å². The quantitative estimate of drug-likeness (QED) is 0.815. The van der Waals surface area contributed by atoms with E-state index < -0.39 is 0 Å². The Morgan fingerprint density at radius 3 is 2.62 bits per heavy atom. The third-order valence-electron chi connectivity index (χ3n) is 4.08. The van der Waals surface area contributed by atoms with Crippen LogP contribution in [-0.4, -0.2) is 50.0 Å². The molecule has 1 N–H and O–H groups in total. The van der Waals surface area contributed by atoms with Gasteiger partial charge in [0.05, 0.1) is 13.2 Å². The highest BCUT2D eigenvalue weighted by Gasteiger charge is 2.18. The van der Waals surface area contributed by atoms with Crippen molar-refractivity contribution in [2.24, 2.45) is 0 Å². The van der Waals surface area contributed by atoms with E-state index in [-0.39, 0.29) is 5.78 Å². The minimum Gasteiger partial charge on any atom is -0.493 e. The minimum absolute atomic E-state index is 0.208. The number of hydrogen-bond acceptors (Lipinski definition) is 4. The van der Waals surface area contributed by atoms with E-state index in [0.29, 0.717) is 13.2 Å². The zero-order chi connectivity index (χ0) is 15.2. The van der Waals surface area contributed by atoms with Gasteiger partial charge in [-0.2, -0.15) is 0 Å². The summed E-state index contributed by atoms with van der Waals surface area (Å²) < 4.78 is 5.72. The van der Waals surface area contributed by atoms with Gasteiger partial charge in [-0.1, -0.05) is 6.92 Å². The second-order valence-electron chi connectivity index (χ2n) is 5.66. The summed E-state index contributed by atoms with van der Waals surface area (Å²) in [6, 6.07) is 3.85.